The number of carboxylic acids is 1. The number of nitrogens with two attached hydrogens (primary N) is 3. The summed E-state index contributed by atoms with van der Waals surface area (Å²) in [6.07, 6.45) is 1.50. The number of carbonyl (C=O) groups is 1. The summed E-state index contributed by atoms with van der Waals surface area (Å²) in [7, 11) is 0. The van der Waals surface area contributed by atoms with Gasteiger partial charge in [-0.25, -0.2) is 9.78 Å². The van der Waals surface area contributed by atoms with E-state index in [9.17, 15) is 4.79 Å². The SMILES string of the molecule is Nc1ccc(C(=O)O)cc1.Nc1nc(N)c2[nH]cnc2n1. The van der Waals surface area contributed by atoms with Crippen LogP contribution >= 0.6 is 0 Å². The number of nitrogens with one attached hydrogen (secondary N) is 1. The van der Waals surface area contributed by atoms with Gasteiger partial charge in [0.1, 0.15) is 5.52 Å². The Kier molecular flexibility index (Phi) is 3.84. The number of fused-ring (bicyclic) bond motifs is 1. The van der Waals surface area contributed by atoms with Crippen molar-refractivity contribution >= 4 is 34.6 Å². The average Bonchev–Trinajstić information content (AvgIpc) is 2.88. The molecule has 0 saturated heterocycles. The zero-order valence-electron chi connectivity index (χ0n) is 10.8. The first-order chi connectivity index (χ1) is 9.97. The topological polar surface area (TPSA) is 170 Å². The van der Waals surface area contributed by atoms with E-state index in [1.54, 1.807) is 12.1 Å². The summed E-state index contributed by atoms with van der Waals surface area (Å²) in [6, 6.07) is 6.06. The van der Waals surface area contributed by atoms with Crippen molar-refractivity contribution in [3.8, 4) is 0 Å². The number of aromatic amines is 1. The number of anilines is 3. The van der Waals surface area contributed by atoms with Crippen LogP contribution in [0.3, 0.4) is 0 Å². The number of hydrogen-bond acceptors (Lipinski definition) is 7. The van der Waals surface area contributed by atoms with Crippen molar-refractivity contribution in [2.75, 3.05) is 17.2 Å². The van der Waals surface area contributed by atoms with Crippen LogP contribution in [0.15, 0.2) is 30.6 Å². The highest BCUT2D eigenvalue weighted by molar-refractivity contribution is 5.87. The molecule has 0 aliphatic heterocycles. The number of nitrogens with zero attached hydrogens (tertiary/aromatic N) is 3. The second-order valence-electron chi connectivity index (χ2n) is 4.00. The molecule has 0 spiro atoms. The molecule has 0 atom stereocenters. The van der Waals surface area contributed by atoms with Crippen molar-refractivity contribution in [3.63, 3.8) is 0 Å². The summed E-state index contributed by atoms with van der Waals surface area (Å²) in [5.74, 6) is -0.466. The van der Waals surface area contributed by atoms with Gasteiger partial charge in [0.2, 0.25) is 5.95 Å². The van der Waals surface area contributed by atoms with Gasteiger partial charge in [-0.05, 0) is 24.3 Å². The molecule has 9 nitrogen and oxygen atoms in total. The summed E-state index contributed by atoms with van der Waals surface area (Å²) < 4.78 is 0. The van der Waals surface area contributed by atoms with Crippen LogP contribution < -0.4 is 17.2 Å². The van der Waals surface area contributed by atoms with E-state index in [0.717, 1.165) is 0 Å². The Morgan fingerprint density at radius 2 is 1.76 bits per heavy atom. The molecule has 108 valence electrons. The molecule has 0 bridgehead atoms. The predicted octanol–water partition coefficient (Wildman–Crippen LogP) is 0.484. The summed E-state index contributed by atoms with van der Waals surface area (Å²) in [6.45, 7) is 0. The van der Waals surface area contributed by atoms with Crippen molar-refractivity contribution in [2.24, 2.45) is 0 Å². The quantitative estimate of drug-likeness (QED) is 0.402. The number of H-pyrrole nitrogens is 1. The lowest BCUT2D eigenvalue weighted by Crippen LogP contribution is -1.99. The van der Waals surface area contributed by atoms with Crippen LogP contribution in [0.5, 0.6) is 0 Å². The molecule has 3 rings (SSSR count). The van der Waals surface area contributed by atoms with Crippen LogP contribution in [0.25, 0.3) is 11.2 Å². The van der Waals surface area contributed by atoms with E-state index in [1.165, 1.54) is 18.5 Å². The zero-order chi connectivity index (χ0) is 15.4. The third-order valence-corrected chi connectivity index (χ3v) is 2.49. The number of rotatable bonds is 1. The van der Waals surface area contributed by atoms with Crippen molar-refractivity contribution < 1.29 is 9.90 Å². The molecule has 0 fully saturated rings. The highest BCUT2D eigenvalue weighted by atomic mass is 16.4. The monoisotopic (exact) mass is 287 g/mol. The Balaban J connectivity index is 0.000000155. The lowest BCUT2D eigenvalue weighted by atomic mass is 10.2. The van der Waals surface area contributed by atoms with Gasteiger partial charge in [-0.3, -0.25) is 0 Å². The van der Waals surface area contributed by atoms with Crippen LogP contribution in [0.2, 0.25) is 0 Å². The summed E-state index contributed by atoms with van der Waals surface area (Å²) in [5.41, 5.74) is 18.1. The molecule has 2 heterocycles. The van der Waals surface area contributed by atoms with Gasteiger partial charge in [0, 0.05) is 5.69 Å². The lowest BCUT2D eigenvalue weighted by molar-refractivity contribution is 0.0697. The molecule has 8 N–H and O–H groups in total. The summed E-state index contributed by atoms with van der Waals surface area (Å²) >= 11 is 0. The highest BCUT2D eigenvalue weighted by Crippen LogP contribution is 2.12. The predicted molar refractivity (Wildman–Crippen MR) is 78.3 cm³/mol. The smallest absolute Gasteiger partial charge is 0.335 e. The van der Waals surface area contributed by atoms with Gasteiger partial charge in [-0.15, -0.1) is 0 Å². The molecule has 0 aliphatic carbocycles. The largest absolute Gasteiger partial charge is 0.478 e. The van der Waals surface area contributed by atoms with E-state index in [1.807, 2.05) is 0 Å². The van der Waals surface area contributed by atoms with Crippen molar-refractivity contribution in [2.45, 2.75) is 0 Å². The van der Waals surface area contributed by atoms with Crippen LogP contribution in [0, 0.1) is 0 Å². The molecule has 0 radical (unpaired) electrons. The minimum Gasteiger partial charge on any atom is -0.478 e. The van der Waals surface area contributed by atoms with Gasteiger partial charge in [-0.1, -0.05) is 0 Å². The Hall–Kier alpha value is -3.36. The van der Waals surface area contributed by atoms with E-state index < -0.39 is 5.97 Å². The average molecular weight is 287 g/mol. The Labute approximate surface area is 118 Å². The Bertz CT molecular complexity index is 767. The maximum Gasteiger partial charge on any atom is 0.335 e. The number of benzene rings is 1. The number of aromatic nitrogens is 4. The van der Waals surface area contributed by atoms with Crippen LogP contribution in [-0.4, -0.2) is 31.0 Å². The number of hydrogen-bond donors (Lipinski definition) is 5. The fraction of sp³-hybridized carbons (Fsp3) is 0. The second-order valence-corrected chi connectivity index (χ2v) is 4.00. The van der Waals surface area contributed by atoms with Crippen LogP contribution in [0.1, 0.15) is 10.4 Å². The van der Waals surface area contributed by atoms with Crippen molar-refractivity contribution in [1.29, 1.82) is 0 Å². The first-order valence-corrected chi connectivity index (χ1v) is 5.78. The van der Waals surface area contributed by atoms with Gasteiger partial charge < -0.3 is 27.3 Å². The molecule has 0 amide bonds. The van der Waals surface area contributed by atoms with Crippen molar-refractivity contribution in [1.82, 2.24) is 19.9 Å². The molecule has 0 saturated carbocycles. The van der Waals surface area contributed by atoms with Gasteiger partial charge >= 0.3 is 5.97 Å². The number of carboxylic acid groups (broad SMARTS) is 1. The molecular weight excluding hydrogens is 274 g/mol. The Morgan fingerprint density at radius 1 is 1.10 bits per heavy atom. The minimum absolute atomic E-state index is 0.141. The van der Waals surface area contributed by atoms with Gasteiger partial charge in [-0.2, -0.15) is 9.97 Å². The van der Waals surface area contributed by atoms with E-state index in [2.05, 4.69) is 19.9 Å². The highest BCUT2D eigenvalue weighted by Gasteiger charge is 2.03. The summed E-state index contributed by atoms with van der Waals surface area (Å²) in [5, 5.41) is 8.43. The first kappa shape index (κ1) is 14.1. The van der Waals surface area contributed by atoms with E-state index in [4.69, 9.17) is 22.3 Å². The normalized spacial score (nSPS) is 9.90. The molecule has 1 aromatic carbocycles. The third-order valence-electron chi connectivity index (χ3n) is 2.49. The van der Waals surface area contributed by atoms with Crippen molar-refractivity contribution in [3.05, 3.63) is 36.2 Å². The molecular formula is C12H13N7O2. The van der Waals surface area contributed by atoms with Crippen LogP contribution in [0.4, 0.5) is 17.5 Å². The molecule has 21 heavy (non-hydrogen) atoms. The zero-order valence-corrected chi connectivity index (χ0v) is 10.8. The summed E-state index contributed by atoms with van der Waals surface area (Å²) in [4.78, 5) is 24.5. The molecule has 0 unspecified atom stereocenters. The lowest BCUT2D eigenvalue weighted by Gasteiger charge is -1.94. The number of imidazole rings is 1. The fourth-order valence-electron chi connectivity index (χ4n) is 1.50. The van der Waals surface area contributed by atoms with Gasteiger partial charge in [0.05, 0.1) is 11.9 Å². The maximum atomic E-state index is 10.3. The maximum absolute atomic E-state index is 10.3. The standard InChI is InChI=1S/C7H7NO2.C5H6N6/c8-6-3-1-5(2-4-6)7(9)10;6-3-2-4(9-1-8-2)11-5(7)10-3/h1-4H,8H2,(H,9,10);1H,(H5,6,7,8,9,10,11). The molecule has 2 aromatic heterocycles. The van der Waals surface area contributed by atoms with E-state index in [-0.39, 0.29) is 11.5 Å². The second kappa shape index (κ2) is 5.74. The Morgan fingerprint density at radius 3 is 2.38 bits per heavy atom. The van der Waals surface area contributed by atoms with Gasteiger partial charge in [0.25, 0.3) is 0 Å². The van der Waals surface area contributed by atoms with Gasteiger partial charge in [0.15, 0.2) is 11.5 Å². The van der Waals surface area contributed by atoms with Crippen LogP contribution in [-0.2, 0) is 0 Å². The number of aromatic carboxylic acids is 1. The van der Waals surface area contributed by atoms with E-state index >= 15 is 0 Å². The molecule has 9 heteroatoms. The molecule has 3 aromatic rings. The first-order valence-electron chi connectivity index (χ1n) is 5.78. The van der Waals surface area contributed by atoms with E-state index in [0.29, 0.717) is 22.7 Å². The molecule has 0 aliphatic rings. The number of nitrogen functional groups attached to an aromatic ring is 3. The minimum atomic E-state index is -0.931. The third kappa shape index (κ3) is 3.35. The fourth-order valence-corrected chi connectivity index (χ4v) is 1.50.